The first-order valence-corrected chi connectivity index (χ1v) is 8.87. The Bertz CT molecular complexity index is 958. The Labute approximate surface area is 151 Å². The van der Waals surface area contributed by atoms with Gasteiger partial charge in [0.25, 0.3) is 0 Å². The molecule has 0 aliphatic carbocycles. The lowest BCUT2D eigenvalue weighted by Crippen LogP contribution is -2.38. The van der Waals surface area contributed by atoms with E-state index in [1.807, 2.05) is 49.8 Å². The van der Waals surface area contributed by atoms with Crippen LogP contribution < -0.4 is 5.32 Å². The van der Waals surface area contributed by atoms with Gasteiger partial charge in [-0.25, -0.2) is 0 Å². The number of nitrogens with one attached hydrogen (secondary N) is 2. The van der Waals surface area contributed by atoms with Crippen molar-refractivity contribution in [3.05, 3.63) is 46.9 Å². The Morgan fingerprint density at radius 1 is 1.38 bits per heavy atom. The number of H-pyrrole nitrogens is 1. The molecule has 2 N–H and O–H groups in total. The first-order valence-electron chi connectivity index (χ1n) is 8.87. The molecule has 1 fully saturated rings. The summed E-state index contributed by atoms with van der Waals surface area (Å²) in [6.45, 7) is 4.66. The molecule has 26 heavy (non-hydrogen) atoms. The zero-order valence-corrected chi connectivity index (χ0v) is 15.2. The molecule has 0 saturated carbocycles. The minimum absolute atomic E-state index is 0.0286. The molecule has 3 heterocycles. The number of amides is 1. The van der Waals surface area contributed by atoms with Gasteiger partial charge in [0.1, 0.15) is 6.10 Å². The summed E-state index contributed by atoms with van der Waals surface area (Å²) in [6.07, 6.45) is 0.925. The summed E-state index contributed by atoms with van der Waals surface area (Å²) in [4.78, 5) is 12.6. The minimum Gasteiger partial charge on any atom is -0.371 e. The van der Waals surface area contributed by atoms with Crippen molar-refractivity contribution in [1.29, 1.82) is 0 Å². The van der Waals surface area contributed by atoms with Gasteiger partial charge in [-0.1, -0.05) is 18.2 Å². The van der Waals surface area contributed by atoms with E-state index in [0.29, 0.717) is 6.61 Å². The van der Waals surface area contributed by atoms with Crippen molar-refractivity contribution >= 4 is 16.8 Å². The minimum atomic E-state index is -0.147. The van der Waals surface area contributed by atoms with Crippen LogP contribution in [-0.2, 0) is 23.0 Å². The van der Waals surface area contributed by atoms with Gasteiger partial charge in [-0.15, -0.1) is 0 Å². The van der Waals surface area contributed by atoms with Crippen LogP contribution >= 0.6 is 0 Å². The Morgan fingerprint density at radius 2 is 2.19 bits per heavy atom. The van der Waals surface area contributed by atoms with Crippen molar-refractivity contribution in [3.8, 4) is 0 Å². The number of aryl methyl sites for hydroxylation is 2. The second-order valence-electron chi connectivity index (χ2n) is 6.86. The molecule has 3 aromatic rings. The van der Waals surface area contributed by atoms with Crippen LogP contribution in [-0.4, -0.2) is 38.5 Å². The summed E-state index contributed by atoms with van der Waals surface area (Å²) >= 11 is 0. The number of nitrogens with zero attached hydrogens (tertiary/aromatic N) is 3. The number of para-hydroxylation sites is 1. The van der Waals surface area contributed by atoms with Gasteiger partial charge in [-0.05, 0) is 26.3 Å². The smallest absolute Gasteiger partial charge is 0.226 e. The monoisotopic (exact) mass is 353 g/mol. The topological polar surface area (TPSA) is 84.8 Å². The van der Waals surface area contributed by atoms with Gasteiger partial charge in [0, 0.05) is 30.3 Å². The molecular formula is C19H23N5O2. The molecule has 1 aliphatic rings. The molecule has 2 atom stereocenters. The molecule has 2 aromatic heterocycles. The van der Waals surface area contributed by atoms with Crippen molar-refractivity contribution in [2.24, 2.45) is 7.05 Å². The third-order valence-electron chi connectivity index (χ3n) is 5.17. The molecule has 1 amide bonds. The molecule has 7 heteroatoms. The van der Waals surface area contributed by atoms with E-state index in [1.54, 1.807) is 0 Å². The number of fused-ring (bicyclic) bond motifs is 1. The number of carbonyl (C=O) groups excluding carboxylic acids is 1. The van der Waals surface area contributed by atoms with Crippen molar-refractivity contribution in [2.45, 2.75) is 38.8 Å². The van der Waals surface area contributed by atoms with Gasteiger partial charge in [-0.3, -0.25) is 14.6 Å². The number of aromatic nitrogens is 4. The Morgan fingerprint density at radius 3 is 2.96 bits per heavy atom. The van der Waals surface area contributed by atoms with E-state index in [2.05, 4.69) is 20.6 Å². The maximum absolute atomic E-state index is 12.6. The van der Waals surface area contributed by atoms with Crippen molar-refractivity contribution < 1.29 is 9.53 Å². The van der Waals surface area contributed by atoms with Gasteiger partial charge in [0.2, 0.25) is 5.91 Å². The van der Waals surface area contributed by atoms with E-state index in [-0.39, 0.29) is 24.5 Å². The molecule has 1 saturated heterocycles. The standard InChI is InChI=1S/C19H23N5O2/c1-11-18(12(2)24(3)23-11)19-15(8-9-26-19)20-17(25)10-16-13-6-4-5-7-14(13)21-22-16/h4-7,15,19H,8-10H2,1-3H3,(H,20,25)(H,21,22)/t15-,19-/m0/s1. The predicted molar refractivity (Wildman–Crippen MR) is 97.7 cm³/mol. The van der Waals surface area contributed by atoms with Crippen LogP contribution in [0.1, 0.15) is 35.2 Å². The highest BCUT2D eigenvalue weighted by atomic mass is 16.5. The summed E-state index contributed by atoms with van der Waals surface area (Å²) in [5, 5.41) is 15.8. The molecule has 1 aromatic carbocycles. The molecule has 1 aliphatic heterocycles. The highest BCUT2D eigenvalue weighted by molar-refractivity contribution is 5.87. The number of aromatic amines is 1. The number of hydrogen-bond acceptors (Lipinski definition) is 4. The number of hydrogen-bond donors (Lipinski definition) is 2. The Hall–Kier alpha value is -2.67. The molecule has 0 spiro atoms. The van der Waals surface area contributed by atoms with E-state index in [4.69, 9.17) is 4.74 Å². The zero-order valence-electron chi connectivity index (χ0n) is 15.2. The molecular weight excluding hydrogens is 330 g/mol. The van der Waals surface area contributed by atoms with Crippen LogP contribution in [0.2, 0.25) is 0 Å². The average molecular weight is 353 g/mol. The van der Waals surface area contributed by atoms with Gasteiger partial charge < -0.3 is 10.1 Å². The second kappa shape index (κ2) is 6.57. The largest absolute Gasteiger partial charge is 0.371 e. The maximum atomic E-state index is 12.6. The fraction of sp³-hybridized carbons (Fsp3) is 0.421. The van der Waals surface area contributed by atoms with Crippen LogP contribution in [0.5, 0.6) is 0 Å². The second-order valence-corrected chi connectivity index (χ2v) is 6.86. The predicted octanol–water partition coefficient (Wildman–Crippen LogP) is 2.10. The summed E-state index contributed by atoms with van der Waals surface area (Å²) in [5.74, 6) is -0.0286. The quantitative estimate of drug-likeness (QED) is 0.752. The van der Waals surface area contributed by atoms with Crippen LogP contribution in [0, 0.1) is 13.8 Å². The Kier molecular flexibility index (Phi) is 4.24. The molecule has 0 unspecified atom stereocenters. The normalized spacial score (nSPS) is 20.0. The van der Waals surface area contributed by atoms with Gasteiger partial charge in [0.05, 0.1) is 29.4 Å². The fourth-order valence-corrected chi connectivity index (χ4v) is 3.79. The lowest BCUT2D eigenvalue weighted by Gasteiger charge is -2.20. The average Bonchev–Trinajstić information content (AvgIpc) is 3.28. The van der Waals surface area contributed by atoms with E-state index in [9.17, 15) is 4.79 Å². The van der Waals surface area contributed by atoms with Gasteiger partial charge in [-0.2, -0.15) is 10.2 Å². The number of carbonyl (C=O) groups is 1. The number of ether oxygens (including phenoxy) is 1. The molecule has 0 radical (unpaired) electrons. The van der Waals surface area contributed by atoms with Crippen LogP contribution in [0.3, 0.4) is 0 Å². The van der Waals surface area contributed by atoms with Crippen molar-refractivity contribution in [1.82, 2.24) is 25.3 Å². The van der Waals surface area contributed by atoms with E-state index in [0.717, 1.165) is 40.0 Å². The highest BCUT2D eigenvalue weighted by Crippen LogP contribution is 2.33. The third kappa shape index (κ3) is 2.88. The highest BCUT2D eigenvalue weighted by Gasteiger charge is 2.34. The summed E-state index contributed by atoms with van der Waals surface area (Å²) < 4.78 is 7.81. The van der Waals surface area contributed by atoms with E-state index in [1.165, 1.54) is 0 Å². The zero-order chi connectivity index (χ0) is 18.3. The molecule has 136 valence electrons. The summed E-state index contributed by atoms with van der Waals surface area (Å²) in [7, 11) is 1.93. The van der Waals surface area contributed by atoms with Gasteiger partial charge >= 0.3 is 0 Å². The summed E-state index contributed by atoms with van der Waals surface area (Å²) in [6, 6.07) is 7.76. The van der Waals surface area contributed by atoms with E-state index >= 15 is 0 Å². The van der Waals surface area contributed by atoms with Crippen LogP contribution in [0.25, 0.3) is 10.9 Å². The first kappa shape index (κ1) is 16.8. The van der Waals surface area contributed by atoms with Gasteiger partial charge in [0.15, 0.2) is 0 Å². The summed E-state index contributed by atoms with van der Waals surface area (Å²) in [5.41, 5.74) is 4.83. The lowest BCUT2D eigenvalue weighted by molar-refractivity contribution is -0.121. The SMILES string of the molecule is Cc1nn(C)c(C)c1[C@H]1OCC[C@@H]1NC(=O)Cc1[nH]nc2ccccc12. The van der Waals surface area contributed by atoms with Crippen LogP contribution in [0.4, 0.5) is 0 Å². The lowest BCUT2D eigenvalue weighted by atomic mass is 10.00. The molecule has 4 rings (SSSR count). The van der Waals surface area contributed by atoms with Crippen LogP contribution in [0.15, 0.2) is 24.3 Å². The number of benzene rings is 1. The maximum Gasteiger partial charge on any atom is 0.226 e. The molecule has 7 nitrogen and oxygen atoms in total. The van der Waals surface area contributed by atoms with Crippen molar-refractivity contribution in [2.75, 3.05) is 6.61 Å². The first-order chi connectivity index (χ1) is 12.5. The molecule has 0 bridgehead atoms. The van der Waals surface area contributed by atoms with Crippen molar-refractivity contribution in [3.63, 3.8) is 0 Å². The third-order valence-corrected chi connectivity index (χ3v) is 5.17. The Balaban J connectivity index is 1.50. The fourth-order valence-electron chi connectivity index (χ4n) is 3.79. The van der Waals surface area contributed by atoms with E-state index < -0.39 is 0 Å². The number of rotatable bonds is 4.